The van der Waals surface area contributed by atoms with E-state index >= 15 is 0 Å². The lowest BCUT2D eigenvalue weighted by Gasteiger charge is -2.37. The molecule has 12 aromatic heterocycles. The van der Waals surface area contributed by atoms with Crippen LogP contribution in [0.3, 0.4) is 0 Å². The number of aromatic nitrogens is 24. The second kappa shape index (κ2) is 37.8. The third-order valence-corrected chi connectivity index (χ3v) is 27.9. The first-order valence-electron chi connectivity index (χ1n) is 44.6. The number of hydrogen-bond acceptors (Lipinski definition) is 26. The maximum Gasteiger partial charge on any atom is 0.211 e. The third-order valence-electron chi connectivity index (χ3n) is 25.8. The minimum Gasteiger partial charge on any atom is -0.369 e. The number of anilines is 4. The Morgan fingerprint density at radius 2 is 0.809 bits per heavy atom. The van der Waals surface area contributed by atoms with Crippen molar-refractivity contribution in [2.45, 2.75) is 70.4 Å². The van der Waals surface area contributed by atoms with Gasteiger partial charge < -0.3 is 31.9 Å². The third kappa shape index (κ3) is 19.9. The quantitative estimate of drug-likeness (QED) is 0.0421. The molecular formula is C96H107N31O2S2. The molecule has 0 spiro atoms. The molecule has 3 aliphatic heterocycles. The molecule has 0 amide bonds. The topological polar surface area (TPSA) is 368 Å². The normalized spacial score (nSPS) is 18.7. The van der Waals surface area contributed by atoms with E-state index in [2.05, 4.69) is 144 Å². The Hall–Kier alpha value is -13.7. The molecule has 22 rings (SSSR count). The van der Waals surface area contributed by atoms with Gasteiger partial charge in [-0.3, -0.25) is 32.8 Å². The number of nitrogens with two attached hydrogens (primary N) is 1. The Morgan fingerprint density at radius 1 is 0.412 bits per heavy atom. The van der Waals surface area contributed by atoms with Crippen molar-refractivity contribution in [3.63, 3.8) is 0 Å². The van der Waals surface area contributed by atoms with Gasteiger partial charge >= 0.3 is 0 Å². The summed E-state index contributed by atoms with van der Waals surface area (Å²) >= 11 is 1.48. The summed E-state index contributed by atoms with van der Waals surface area (Å²) in [5.74, 6) is 10.0. The van der Waals surface area contributed by atoms with E-state index in [4.69, 9.17) is 40.6 Å². The highest BCUT2D eigenvalue weighted by molar-refractivity contribution is 7.88. The van der Waals surface area contributed by atoms with E-state index in [9.17, 15) is 8.42 Å². The van der Waals surface area contributed by atoms with E-state index < -0.39 is 10.0 Å². The molecule has 3 saturated heterocycles. The molecule has 670 valence electrons. The first-order valence-corrected chi connectivity index (χ1v) is 47.3. The lowest BCUT2D eigenvalue weighted by molar-refractivity contribution is 0.213. The first kappa shape index (κ1) is 86.6. The second-order valence-corrected chi connectivity index (χ2v) is 38.7. The van der Waals surface area contributed by atoms with Crippen LogP contribution in [0.5, 0.6) is 0 Å². The number of sulfonamides is 1. The molecule has 3 aliphatic carbocycles. The first-order chi connectivity index (χ1) is 63.6. The molecule has 5 unspecified atom stereocenters. The zero-order chi connectivity index (χ0) is 90.0. The zero-order valence-corrected chi connectivity index (χ0v) is 76.5. The van der Waals surface area contributed by atoms with Gasteiger partial charge in [0.1, 0.15) is 28.3 Å². The Morgan fingerprint density at radius 3 is 1.20 bits per heavy atom. The molecule has 6 N–H and O–H groups in total. The van der Waals surface area contributed by atoms with Gasteiger partial charge in [0.25, 0.3) is 0 Å². The van der Waals surface area contributed by atoms with Crippen LogP contribution in [0.1, 0.15) is 56.4 Å². The number of aryl methyl sites for hydroxylation is 8. The van der Waals surface area contributed by atoms with Crippen molar-refractivity contribution in [3.8, 4) is 134 Å². The van der Waals surface area contributed by atoms with Crippen LogP contribution in [0.2, 0.25) is 0 Å². The van der Waals surface area contributed by atoms with E-state index in [0.717, 1.165) is 215 Å². The molecule has 0 radical (unpaired) electrons. The lowest BCUT2D eigenvalue weighted by Crippen LogP contribution is -2.51. The largest absolute Gasteiger partial charge is 0.369 e. The summed E-state index contributed by atoms with van der Waals surface area (Å²) in [6.45, 7) is 8.52. The van der Waals surface area contributed by atoms with Crippen LogP contribution in [0.15, 0.2) is 209 Å². The van der Waals surface area contributed by atoms with Crippen LogP contribution in [0.25, 0.3) is 134 Å². The summed E-state index contributed by atoms with van der Waals surface area (Å²) in [6.07, 6.45) is 45.8. The maximum atomic E-state index is 11.7. The van der Waals surface area contributed by atoms with Crippen molar-refractivity contribution in [1.29, 1.82) is 0 Å². The fraction of sp³-hybridized carbons (Fsp3) is 0.344. The second-order valence-electron chi connectivity index (χ2n) is 35.5. The van der Waals surface area contributed by atoms with Gasteiger partial charge in [-0.25, -0.2) is 52.6 Å². The maximum absolute atomic E-state index is 11.7. The number of hydrogen-bond donors (Lipinski definition) is 5. The highest BCUT2D eigenvalue weighted by Crippen LogP contribution is 2.47. The predicted octanol–water partition coefficient (Wildman–Crippen LogP) is 13.7. The average Bonchev–Trinajstić information content (AvgIpc) is 1.66. The van der Waals surface area contributed by atoms with Crippen molar-refractivity contribution < 1.29 is 8.42 Å². The molecule has 35 heteroatoms. The molecule has 6 fully saturated rings. The van der Waals surface area contributed by atoms with Gasteiger partial charge in [0.15, 0.2) is 28.3 Å². The summed E-state index contributed by atoms with van der Waals surface area (Å²) in [4.78, 5) is 41.3. The van der Waals surface area contributed by atoms with Gasteiger partial charge in [0.05, 0.1) is 55.2 Å². The van der Waals surface area contributed by atoms with Gasteiger partial charge in [0, 0.05) is 259 Å². The Labute approximate surface area is 764 Å². The number of rotatable bonds is 22. The van der Waals surface area contributed by atoms with E-state index in [1.807, 2.05) is 215 Å². The zero-order valence-electron chi connectivity index (χ0n) is 74.9. The monoisotopic (exact) mass is 1790 g/mol. The number of fused-ring (bicyclic) bond motifs is 3. The van der Waals surface area contributed by atoms with Crippen molar-refractivity contribution in [2.24, 2.45) is 90.6 Å². The minimum atomic E-state index is -3.14. The highest BCUT2D eigenvalue weighted by atomic mass is 32.2. The molecule has 15 heterocycles. The summed E-state index contributed by atoms with van der Waals surface area (Å²) in [5.41, 5.74) is 25.2. The van der Waals surface area contributed by atoms with Crippen LogP contribution in [-0.2, 0) is 59.4 Å². The minimum absolute atomic E-state index is 0.214. The Balaban J connectivity index is 0.000000113. The van der Waals surface area contributed by atoms with Crippen molar-refractivity contribution in [3.05, 3.63) is 214 Å². The highest BCUT2D eigenvalue weighted by Gasteiger charge is 2.41. The van der Waals surface area contributed by atoms with Crippen LogP contribution in [-0.4, -0.2) is 202 Å². The van der Waals surface area contributed by atoms with Crippen LogP contribution in [0, 0.1) is 42.4 Å². The van der Waals surface area contributed by atoms with Gasteiger partial charge in [0.2, 0.25) is 10.0 Å². The van der Waals surface area contributed by atoms with E-state index in [1.165, 1.54) is 47.6 Å². The molecule has 6 aliphatic rings. The Kier molecular flexibility index (Phi) is 25.0. The molecule has 4 aromatic carbocycles. The molecule has 3 saturated carbocycles. The summed E-state index contributed by atoms with van der Waals surface area (Å²) in [5, 5.41) is 54.7. The summed E-state index contributed by atoms with van der Waals surface area (Å²) < 4.78 is 37.5. The smallest absolute Gasteiger partial charge is 0.211 e. The van der Waals surface area contributed by atoms with E-state index in [-0.39, 0.29) is 5.92 Å². The van der Waals surface area contributed by atoms with Crippen LogP contribution in [0.4, 0.5) is 23.3 Å². The van der Waals surface area contributed by atoms with Crippen molar-refractivity contribution in [1.82, 2.24) is 128 Å². The van der Waals surface area contributed by atoms with E-state index in [0.29, 0.717) is 66.9 Å². The molecule has 16 aromatic rings. The van der Waals surface area contributed by atoms with Gasteiger partial charge in [-0.05, 0) is 135 Å². The fourth-order valence-corrected chi connectivity index (χ4v) is 20.4. The average molecular weight is 1790 g/mol. The Bertz CT molecular complexity index is 6830. The van der Waals surface area contributed by atoms with Gasteiger partial charge in [-0.15, -0.1) is 10.2 Å². The van der Waals surface area contributed by atoms with E-state index in [1.54, 1.807) is 15.6 Å². The molecule has 5 atom stereocenters. The van der Waals surface area contributed by atoms with Gasteiger partial charge in [-0.1, -0.05) is 90.6 Å². The summed E-state index contributed by atoms with van der Waals surface area (Å²) in [6, 6.07) is 33.9. The molecule has 2 bridgehead atoms. The number of nitrogens with zero attached hydrogens (tertiary/aromatic N) is 26. The standard InChI is InChI=1S/C25H30N8.C25H27N7.C24H26N8.C22H24N8O2S2/c1-32-15-20(12-28-32)18-4-3-5-19(10-18)24-27-14-23(21-13-29-33(2)16-21)25(31-24)30-22-8-6-17(11-26)7-9-22;1-31-14-20(11-27-31)17-4-3-5-19(10-17)24-26-13-22(21-12-28-32(2)15-21)25(30-24)29-23-9-16-6-7-18(23)8-16;1-30-12-20(9-27-30)16-4-3-5-17(6-16)23-26-11-22(21-10-28-31(2)13-21)24(29-23)32-14-18-7-25-8-19(18)15-32;1-14-27-28-22(33-14)19-10-24-20(17-6-4-5-16(7-17)18-9-25-29(2)13-18)26-21(19)23-8-15-11-30(12-15)34(3,31)32/h3-5,10,12-17,22H,6-9,11,26H2,1-2H3,(H,27,30,31);3-5,10-16,18,23H,6-9H2,1-2H3,(H,26,29,30);3-6,9-13,18-19,25H,7-8,14-15H2,1-2H3;4-7,9-10,13,15H,8,11-12H2,1-3H3,(H,23,24,26). The molecule has 131 heavy (non-hydrogen) atoms. The van der Waals surface area contributed by atoms with Crippen LogP contribution < -0.4 is 31.9 Å². The molecule has 33 nitrogen and oxygen atoms in total. The number of benzene rings is 4. The van der Waals surface area contributed by atoms with Crippen LogP contribution >= 0.6 is 11.3 Å². The van der Waals surface area contributed by atoms with Crippen molar-refractivity contribution >= 4 is 44.6 Å². The SMILES string of the molecule is Cc1nnc(-c2cnc(-c3cccc(-c4cnn(C)c4)c3)nc2NCC2CN(S(C)(=O)=O)C2)s1.Cn1cc(-c2cccc(-c3ncc(-c4cnn(C)c4)c(N4CC5CNCC5C4)n3)c2)cn1.Cn1cc(-c2cccc(-c3ncc(-c4cnn(C)c4)c(NC4CC5CCC4C5)n3)c2)cn1.Cn1cc(-c2cccc(-c3ncc(-c4cnn(C)c4)c(NC4CCC(CN)CC4)n3)c2)cn1. The predicted molar refractivity (Wildman–Crippen MR) is 511 cm³/mol. The lowest BCUT2D eigenvalue weighted by atomic mass is 9.86. The van der Waals surface area contributed by atoms with Crippen molar-refractivity contribution in [2.75, 3.05) is 79.5 Å². The fourth-order valence-electron chi connectivity index (χ4n) is 18.7. The summed E-state index contributed by atoms with van der Waals surface area (Å²) in [7, 11) is 10.3. The molecular weight excluding hydrogens is 1680 g/mol. The van der Waals surface area contributed by atoms with Gasteiger partial charge in [-0.2, -0.15) is 35.7 Å². The number of nitrogens with one attached hydrogen (secondary N) is 4.